The number of benzene rings is 2. The zero-order valence-electron chi connectivity index (χ0n) is 25.9. The van der Waals surface area contributed by atoms with E-state index in [1.807, 2.05) is 77.9 Å². The van der Waals surface area contributed by atoms with E-state index in [1.54, 1.807) is 20.8 Å². The minimum Gasteiger partial charge on any atom is -0.444 e. The number of hydrogen-bond acceptors (Lipinski definition) is 5. The quantitative estimate of drug-likeness (QED) is 0.336. The topological polar surface area (TPSA) is 131 Å². The van der Waals surface area contributed by atoms with Crippen molar-refractivity contribution in [3.05, 3.63) is 64.2 Å². The maximum Gasteiger partial charge on any atom is 0.408 e. The highest BCUT2D eigenvalue weighted by molar-refractivity contribution is 6.00. The first-order chi connectivity index (χ1) is 19.0. The van der Waals surface area contributed by atoms with Crippen molar-refractivity contribution < 1.29 is 23.9 Å². The third kappa shape index (κ3) is 9.33. The van der Waals surface area contributed by atoms with Gasteiger partial charge in [-0.3, -0.25) is 14.4 Å². The molecule has 3 atom stereocenters. The van der Waals surface area contributed by atoms with Gasteiger partial charge in [0.1, 0.15) is 17.7 Å². The normalized spacial score (nSPS) is 13.5. The van der Waals surface area contributed by atoms with Crippen molar-refractivity contribution in [2.45, 2.75) is 105 Å². The summed E-state index contributed by atoms with van der Waals surface area (Å²) >= 11 is 0. The number of amides is 4. The van der Waals surface area contributed by atoms with Crippen LogP contribution in [0.25, 0.3) is 0 Å². The summed E-state index contributed by atoms with van der Waals surface area (Å²) in [5, 5.41) is 5.70. The summed E-state index contributed by atoms with van der Waals surface area (Å²) < 4.78 is 5.40. The van der Waals surface area contributed by atoms with E-state index in [2.05, 4.69) is 10.6 Å². The molecule has 4 amide bonds. The fourth-order valence-electron chi connectivity index (χ4n) is 4.55. The largest absolute Gasteiger partial charge is 0.444 e. The first-order valence-corrected chi connectivity index (χ1v) is 14.1. The standard InChI is InChI=1S/C32H46N4O5/c1-10-23(6)36(30(39)25(16-17-26(33)37)34-31(40)41-32(7,8)9)28(24-15-14-19(2)22(5)18-24)29(38)35-27-20(3)12-11-13-21(27)4/h11-15,18,23,25,28H,10,16-17H2,1-9H3,(H2,33,37)(H,34,40)(H,35,38). The van der Waals surface area contributed by atoms with Gasteiger partial charge in [0.25, 0.3) is 5.91 Å². The number of para-hydroxylation sites is 1. The van der Waals surface area contributed by atoms with E-state index in [0.717, 1.165) is 22.3 Å². The van der Waals surface area contributed by atoms with Crippen LogP contribution in [-0.2, 0) is 19.1 Å². The summed E-state index contributed by atoms with van der Waals surface area (Å²) in [6.07, 6.45) is -0.437. The van der Waals surface area contributed by atoms with Crippen molar-refractivity contribution in [1.29, 1.82) is 0 Å². The van der Waals surface area contributed by atoms with E-state index in [4.69, 9.17) is 10.5 Å². The third-order valence-corrected chi connectivity index (χ3v) is 7.09. The summed E-state index contributed by atoms with van der Waals surface area (Å²) in [5.41, 5.74) is 9.73. The molecule has 224 valence electrons. The average molecular weight is 567 g/mol. The second kappa shape index (κ2) is 14.1. The van der Waals surface area contributed by atoms with Crippen LogP contribution in [0.2, 0.25) is 0 Å². The van der Waals surface area contributed by atoms with Gasteiger partial charge in [0.05, 0.1) is 0 Å². The third-order valence-electron chi connectivity index (χ3n) is 7.09. The molecule has 2 aromatic rings. The molecule has 0 spiro atoms. The lowest BCUT2D eigenvalue weighted by Gasteiger charge is -2.38. The second-order valence-corrected chi connectivity index (χ2v) is 11.7. The first kappa shape index (κ1) is 33.3. The van der Waals surface area contributed by atoms with Gasteiger partial charge >= 0.3 is 6.09 Å². The Morgan fingerprint density at radius 1 is 0.951 bits per heavy atom. The van der Waals surface area contributed by atoms with Crippen LogP contribution < -0.4 is 16.4 Å². The van der Waals surface area contributed by atoms with Gasteiger partial charge < -0.3 is 26.0 Å². The van der Waals surface area contributed by atoms with Crippen LogP contribution in [-0.4, -0.2) is 46.4 Å². The molecule has 4 N–H and O–H groups in total. The van der Waals surface area contributed by atoms with Gasteiger partial charge in [0.2, 0.25) is 11.8 Å². The number of carbonyl (C=O) groups is 4. The zero-order chi connectivity index (χ0) is 31.1. The molecule has 0 bridgehead atoms. The SMILES string of the molecule is CCC(C)N(C(=O)C(CCC(N)=O)NC(=O)OC(C)(C)C)C(C(=O)Nc1c(C)cccc1C)c1ccc(C)c(C)c1. The zero-order valence-corrected chi connectivity index (χ0v) is 25.9. The summed E-state index contributed by atoms with van der Waals surface area (Å²) in [6, 6.07) is 8.86. The minimum atomic E-state index is -1.15. The molecule has 0 aliphatic rings. The summed E-state index contributed by atoms with van der Waals surface area (Å²) in [6.45, 7) is 16.7. The van der Waals surface area contributed by atoms with Crippen LogP contribution >= 0.6 is 0 Å². The Morgan fingerprint density at radius 3 is 2.07 bits per heavy atom. The van der Waals surface area contributed by atoms with Crippen LogP contribution in [0.3, 0.4) is 0 Å². The molecular formula is C32H46N4O5. The lowest BCUT2D eigenvalue weighted by atomic mass is 9.95. The Kier molecular flexibility index (Phi) is 11.5. The van der Waals surface area contributed by atoms with E-state index < -0.39 is 41.6 Å². The van der Waals surface area contributed by atoms with Crippen molar-refractivity contribution in [2.75, 3.05) is 5.32 Å². The van der Waals surface area contributed by atoms with Crippen molar-refractivity contribution in [1.82, 2.24) is 10.2 Å². The molecule has 3 unspecified atom stereocenters. The Balaban J connectivity index is 2.65. The van der Waals surface area contributed by atoms with E-state index in [9.17, 15) is 19.2 Å². The molecule has 0 saturated carbocycles. The number of aryl methyl sites for hydroxylation is 4. The van der Waals surface area contributed by atoms with Crippen LogP contribution in [0.15, 0.2) is 36.4 Å². The highest BCUT2D eigenvalue weighted by Gasteiger charge is 2.39. The molecule has 2 aromatic carbocycles. The average Bonchev–Trinajstić information content (AvgIpc) is 2.87. The molecule has 0 fully saturated rings. The molecule has 0 aliphatic heterocycles. The Bertz CT molecular complexity index is 1250. The monoisotopic (exact) mass is 566 g/mol. The second-order valence-electron chi connectivity index (χ2n) is 11.7. The molecule has 0 aromatic heterocycles. The van der Waals surface area contributed by atoms with Crippen LogP contribution in [0, 0.1) is 27.7 Å². The van der Waals surface area contributed by atoms with Crippen LogP contribution in [0.4, 0.5) is 10.5 Å². The van der Waals surface area contributed by atoms with E-state index in [0.29, 0.717) is 17.7 Å². The van der Waals surface area contributed by atoms with Gasteiger partial charge in [-0.05, 0) is 96.0 Å². The molecule has 0 saturated heterocycles. The van der Waals surface area contributed by atoms with Gasteiger partial charge in [-0.1, -0.05) is 43.3 Å². The lowest BCUT2D eigenvalue weighted by Crippen LogP contribution is -2.55. The minimum absolute atomic E-state index is 0.0431. The maximum absolute atomic E-state index is 14.3. The van der Waals surface area contributed by atoms with E-state index in [1.165, 1.54) is 4.90 Å². The first-order valence-electron chi connectivity index (χ1n) is 14.1. The summed E-state index contributed by atoms with van der Waals surface area (Å²) in [4.78, 5) is 54.5. The number of carbonyl (C=O) groups excluding carboxylic acids is 4. The highest BCUT2D eigenvalue weighted by atomic mass is 16.6. The number of nitrogens with zero attached hydrogens (tertiary/aromatic N) is 1. The predicted octanol–water partition coefficient (Wildman–Crippen LogP) is 5.39. The molecule has 0 radical (unpaired) electrons. The van der Waals surface area contributed by atoms with Crippen LogP contribution in [0.1, 0.15) is 87.7 Å². The maximum atomic E-state index is 14.3. The van der Waals surface area contributed by atoms with E-state index >= 15 is 0 Å². The molecule has 9 heteroatoms. The van der Waals surface area contributed by atoms with Gasteiger partial charge in [0, 0.05) is 18.2 Å². The van der Waals surface area contributed by atoms with Crippen molar-refractivity contribution >= 4 is 29.5 Å². The molecule has 0 heterocycles. The van der Waals surface area contributed by atoms with Gasteiger partial charge in [0.15, 0.2) is 0 Å². The Hall–Kier alpha value is -3.88. The fraction of sp³-hybridized carbons (Fsp3) is 0.500. The van der Waals surface area contributed by atoms with Gasteiger partial charge in [-0.2, -0.15) is 0 Å². The van der Waals surface area contributed by atoms with Gasteiger partial charge in [-0.25, -0.2) is 4.79 Å². The number of nitrogens with two attached hydrogens (primary N) is 1. The number of alkyl carbamates (subject to hydrolysis) is 1. The number of anilines is 1. The number of ether oxygens (including phenoxy) is 1. The molecular weight excluding hydrogens is 520 g/mol. The highest BCUT2D eigenvalue weighted by Crippen LogP contribution is 2.30. The molecule has 9 nitrogen and oxygen atoms in total. The van der Waals surface area contributed by atoms with Crippen LogP contribution in [0.5, 0.6) is 0 Å². The Labute approximate surface area is 244 Å². The van der Waals surface area contributed by atoms with Crippen molar-refractivity contribution in [3.63, 3.8) is 0 Å². The number of nitrogens with one attached hydrogen (secondary N) is 2. The fourth-order valence-corrected chi connectivity index (χ4v) is 4.55. The number of rotatable bonds is 11. The summed E-state index contributed by atoms with van der Waals surface area (Å²) in [7, 11) is 0. The predicted molar refractivity (Wildman–Crippen MR) is 161 cm³/mol. The number of hydrogen-bond donors (Lipinski definition) is 3. The molecule has 0 aliphatic carbocycles. The Morgan fingerprint density at radius 2 is 1.56 bits per heavy atom. The summed E-state index contributed by atoms with van der Waals surface area (Å²) in [5.74, 6) is -1.50. The van der Waals surface area contributed by atoms with E-state index in [-0.39, 0.29) is 18.7 Å². The van der Waals surface area contributed by atoms with Gasteiger partial charge in [-0.15, -0.1) is 0 Å². The van der Waals surface area contributed by atoms with Crippen molar-refractivity contribution in [3.8, 4) is 0 Å². The van der Waals surface area contributed by atoms with Crippen molar-refractivity contribution in [2.24, 2.45) is 5.73 Å². The lowest BCUT2D eigenvalue weighted by molar-refractivity contribution is -0.143. The molecule has 41 heavy (non-hydrogen) atoms. The molecule has 2 rings (SSSR count). The smallest absolute Gasteiger partial charge is 0.408 e. The number of primary amides is 1.